The number of benzene rings is 2. The zero-order valence-corrected chi connectivity index (χ0v) is 15.4. The highest BCUT2D eigenvalue weighted by atomic mass is 35.5. The van der Waals surface area contributed by atoms with Crippen molar-refractivity contribution in [3.05, 3.63) is 65.3 Å². The van der Waals surface area contributed by atoms with E-state index >= 15 is 0 Å². The van der Waals surface area contributed by atoms with Crippen molar-refractivity contribution >= 4 is 40.1 Å². The van der Waals surface area contributed by atoms with E-state index < -0.39 is 11.9 Å². The third-order valence-electron chi connectivity index (χ3n) is 4.73. The van der Waals surface area contributed by atoms with Crippen LogP contribution in [0.5, 0.6) is 5.75 Å². The number of aryl methyl sites for hydroxylation is 1. The SMILES string of the molecule is Cc1ccc(N2C[C@@H](C(=O)Oc3cccc4cccnc34)CC2=O)cc1Cl. The van der Waals surface area contributed by atoms with Crippen LogP contribution >= 0.6 is 11.6 Å². The molecule has 1 amide bonds. The largest absolute Gasteiger partial charge is 0.424 e. The molecule has 0 N–H and O–H groups in total. The minimum absolute atomic E-state index is 0.114. The number of amides is 1. The Morgan fingerprint density at radius 2 is 2.04 bits per heavy atom. The minimum Gasteiger partial charge on any atom is -0.424 e. The first-order valence-corrected chi connectivity index (χ1v) is 9.02. The van der Waals surface area contributed by atoms with Crippen LogP contribution in [0.15, 0.2) is 54.7 Å². The van der Waals surface area contributed by atoms with Crippen molar-refractivity contribution in [1.29, 1.82) is 0 Å². The summed E-state index contributed by atoms with van der Waals surface area (Å²) in [6.07, 6.45) is 1.77. The summed E-state index contributed by atoms with van der Waals surface area (Å²) in [5.41, 5.74) is 2.25. The Morgan fingerprint density at radius 3 is 2.85 bits per heavy atom. The quantitative estimate of drug-likeness (QED) is 0.505. The van der Waals surface area contributed by atoms with E-state index in [1.54, 1.807) is 23.2 Å². The second-order valence-electron chi connectivity index (χ2n) is 6.59. The molecule has 0 unspecified atom stereocenters. The fourth-order valence-corrected chi connectivity index (χ4v) is 3.39. The Bertz CT molecular complexity index is 1050. The molecule has 6 heteroatoms. The number of carbonyl (C=O) groups is 2. The zero-order chi connectivity index (χ0) is 19.0. The van der Waals surface area contributed by atoms with Gasteiger partial charge in [0.05, 0.1) is 5.92 Å². The molecular formula is C21H17ClN2O3. The van der Waals surface area contributed by atoms with Gasteiger partial charge < -0.3 is 9.64 Å². The zero-order valence-electron chi connectivity index (χ0n) is 14.7. The first kappa shape index (κ1) is 17.5. The second-order valence-corrected chi connectivity index (χ2v) is 7.00. The van der Waals surface area contributed by atoms with Crippen LogP contribution in [0, 0.1) is 12.8 Å². The monoisotopic (exact) mass is 380 g/mol. The lowest BCUT2D eigenvalue weighted by Gasteiger charge is -2.17. The number of halogens is 1. The van der Waals surface area contributed by atoms with Gasteiger partial charge in [0.1, 0.15) is 5.52 Å². The lowest BCUT2D eigenvalue weighted by molar-refractivity contribution is -0.139. The van der Waals surface area contributed by atoms with E-state index in [-0.39, 0.29) is 18.9 Å². The molecule has 1 saturated heterocycles. The number of anilines is 1. The van der Waals surface area contributed by atoms with Crippen LogP contribution in [0.4, 0.5) is 5.69 Å². The van der Waals surface area contributed by atoms with Gasteiger partial charge in [-0.2, -0.15) is 0 Å². The number of rotatable bonds is 3. The van der Waals surface area contributed by atoms with Crippen LogP contribution in [0.2, 0.25) is 5.02 Å². The van der Waals surface area contributed by atoms with Gasteiger partial charge in [0.2, 0.25) is 5.91 Å². The fourth-order valence-electron chi connectivity index (χ4n) is 3.21. The number of ether oxygens (including phenoxy) is 1. The molecule has 5 nitrogen and oxygen atoms in total. The van der Waals surface area contributed by atoms with E-state index in [1.807, 2.05) is 43.3 Å². The number of fused-ring (bicyclic) bond motifs is 1. The van der Waals surface area contributed by atoms with Gasteiger partial charge in [-0.25, -0.2) is 0 Å². The first-order chi connectivity index (χ1) is 13.0. The summed E-state index contributed by atoms with van der Waals surface area (Å²) in [6.45, 7) is 2.17. The van der Waals surface area contributed by atoms with Crippen molar-refractivity contribution in [1.82, 2.24) is 4.98 Å². The summed E-state index contributed by atoms with van der Waals surface area (Å²) in [4.78, 5) is 30.9. The highest BCUT2D eigenvalue weighted by Crippen LogP contribution is 2.30. The Kier molecular flexibility index (Phi) is 4.54. The lowest BCUT2D eigenvalue weighted by atomic mass is 10.1. The molecule has 0 radical (unpaired) electrons. The number of aromatic nitrogens is 1. The van der Waals surface area contributed by atoms with Crippen LogP contribution < -0.4 is 9.64 Å². The van der Waals surface area contributed by atoms with Gasteiger partial charge in [-0.3, -0.25) is 14.6 Å². The predicted molar refractivity (Wildman–Crippen MR) is 104 cm³/mol. The van der Waals surface area contributed by atoms with Crippen molar-refractivity contribution < 1.29 is 14.3 Å². The van der Waals surface area contributed by atoms with Crippen molar-refractivity contribution in [2.45, 2.75) is 13.3 Å². The lowest BCUT2D eigenvalue weighted by Crippen LogP contribution is -2.27. The summed E-state index contributed by atoms with van der Waals surface area (Å²) < 4.78 is 5.58. The summed E-state index contributed by atoms with van der Waals surface area (Å²) in [7, 11) is 0. The molecular weight excluding hydrogens is 364 g/mol. The number of esters is 1. The van der Waals surface area contributed by atoms with Gasteiger partial charge in [-0.1, -0.05) is 35.9 Å². The molecule has 136 valence electrons. The maximum absolute atomic E-state index is 12.6. The van der Waals surface area contributed by atoms with Crippen molar-refractivity contribution in [2.24, 2.45) is 5.92 Å². The molecule has 1 aromatic heterocycles. The molecule has 1 aliphatic heterocycles. The summed E-state index contributed by atoms with van der Waals surface area (Å²) in [5.74, 6) is -0.672. The van der Waals surface area contributed by atoms with Crippen LogP contribution in [0.1, 0.15) is 12.0 Å². The molecule has 0 bridgehead atoms. The van der Waals surface area contributed by atoms with Gasteiger partial charge in [-0.05, 0) is 36.8 Å². The maximum atomic E-state index is 12.6. The Hall–Kier alpha value is -2.92. The molecule has 4 rings (SSSR count). The van der Waals surface area contributed by atoms with Crippen molar-refractivity contribution in [3.63, 3.8) is 0 Å². The highest BCUT2D eigenvalue weighted by Gasteiger charge is 2.36. The van der Waals surface area contributed by atoms with Crippen molar-refractivity contribution in [3.8, 4) is 5.75 Å². The molecule has 1 fully saturated rings. The minimum atomic E-state index is -0.531. The number of para-hydroxylation sites is 1. The van der Waals surface area contributed by atoms with Crippen LogP contribution in [0.25, 0.3) is 10.9 Å². The predicted octanol–water partition coefficient (Wildman–Crippen LogP) is 4.16. The van der Waals surface area contributed by atoms with Gasteiger partial charge in [-0.15, -0.1) is 0 Å². The number of nitrogens with zero attached hydrogens (tertiary/aromatic N) is 2. The average molecular weight is 381 g/mol. The van der Waals surface area contributed by atoms with E-state index in [0.717, 1.165) is 10.9 Å². The number of carbonyl (C=O) groups excluding carboxylic acids is 2. The van der Waals surface area contributed by atoms with Crippen molar-refractivity contribution in [2.75, 3.05) is 11.4 Å². The Morgan fingerprint density at radius 1 is 1.22 bits per heavy atom. The van der Waals surface area contributed by atoms with Gasteiger partial charge >= 0.3 is 5.97 Å². The van der Waals surface area contributed by atoms with Crippen LogP contribution in [-0.2, 0) is 9.59 Å². The standard InChI is InChI=1S/C21H17ClN2O3/c1-13-7-8-16(11-17(13)22)24-12-15(10-19(24)25)21(26)27-18-6-2-4-14-5-3-9-23-20(14)18/h2-9,11,15H,10,12H2,1H3/t15-/m0/s1. The maximum Gasteiger partial charge on any atom is 0.316 e. The van der Waals surface area contributed by atoms with Crippen LogP contribution in [-0.4, -0.2) is 23.4 Å². The molecule has 1 aliphatic rings. The van der Waals surface area contributed by atoms with E-state index in [2.05, 4.69) is 4.98 Å². The highest BCUT2D eigenvalue weighted by molar-refractivity contribution is 6.31. The summed E-state index contributed by atoms with van der Waals surface area (Å²) >= 11 is 6.17. The summed E-state index contributed by atoms with van der Waals surface area (Å²) in [5, 5.41) is 1.48. The van der Waals surface area contributed by atoms with E-state index in [9.17, 15) is 9.59 Å². The Balaban J connectivity index is 1.53. The molecule has 2 aromatic carbocycles. The molecule has 0 saturated carbocycles. The topological polar surface area (TPSA) is 59.5 Å². The fraction of sp³-hybridized carbons (Fsp3) is 0.190. The molecule has 0 spiro atoms. The number of hydrogen-bond donors (Lipinski definition) is 0. The van der Waals surface area contributed by atoms with Gasteiger partial charge in [0, 0.05) is 35.3 Å². The number of pyridine rings is 1. The van der Waals surface area contributed by atoms with Gasteiger partial charge in [0.25, 0.3) is 0 Å². The third kappa shape index (κ3) is 3.38. The molecule has 27 heavy (non-hydrogen) atoms. The smallest absolute Gasteiger partial charge is 0.316 e. The van der Waals surface area contributed by atoms with Crippen LogP contribution in [0.3, 0.4) is 0 Å². The average Bonchev–Trinajstić information content (AvgIpc) is 3.06. The molecule has 3 aromatic rings. The third-order valence-corrected chi connectivity index (χ3v) is 5.14. The number of hydrogen-bond acceptors (Lipinski definition) is 4. The summed E-state index contributed by atoms with van der Waals surface area (Å²) in [6, 6.07) is 14.6. The molecule has 1 atom stereocenters. The van der Waals surface area contributed by atoms with E-state index in [0.29, 0.717) is 22.0 Å². The second kappa shape index (κ2) is 7.00. The first-order valence-electron chi connectivity index (χ1n) is 8.65. The normalized spacial score (nSPS) is 16.7. The van der Waals surface area contributed by atoms with Gasteiger partial charge in [0.15, 0.2) is 5.75 Å². The Labute approximate surface area is 161 Å². The molecule has 2 heterocycles. The van der Waals surface area contributed by atoms with E-state index in [4.69, 9.17) is 16.3 Å². The molecule has 0 aliphatic carbocycles. The van der Waals surface area contributed by atoms with E-state index in [1.165, 1.54) is 0 Å².